The van der Waals surface area contributed by atoms with Crippen molar-refractivity contribution in [1.29, 1.82) is 0 Å². The summed E-state index contributed by atoms with van der Waals surface area (Å²) in [6, 6.07) is 11.2. The molecule has 0 bridgehead atoms. The normalized spacial score (nSPS) is 17.0. The van der Waals surface area contributed by atoms with Crippen LogP contribution >= 0.6 is 0 Å². The fourth-order valence-corrected chi connectivity index (χ4v) is 2.84. The summed E-state index contributed by atoms with van der Waals surface area (Å²) in [6.07, 6.45) is 4.45. The molecule has 0 unspecified atom stereocenters. The zero-order valence-corrected chi connectivity index (χ0v) is 12.6. The van der Waals surface area contributed by atoms with E-state index in [9.17, 15) is 4.79 Å². The van der Waals surface area contributed by atoms with Crippen LogP contribution in [0.4, 0.5) is 0 Å². The number of hydrogen-bond donors (Lipinski definition) is 2. The lowest BCUT2D eigenvalue weighted by Crippen LogP contribution is -2.43. The Kier molecular flexibility index (Phi) is 6.70. The number of carboxylic acid groups (broad SMARTS) is 1. The molecule has 0 spiro atoms. The first-order valence-corrected chi connectivity index (χ1v) is 7.95. The molecule has 0 atom stereocenters. The summed E-state index contributed by atoms with van der Waals surface area (Å²) in [5, 5.41) is 12.1. The van der Waals surface area contributed by atoms with Gasteiger partial charge in [-0.3, -0.25) is 4.79 Å². The van der Waals surface area contributed by atoms with E-state index in [2.05, 4.69) is 40.5 Å². The largest absolute Gasteiger partial charge is 0.481 e. The third-order valence-corrected chi connectivity index (χ3v) is 4.15. The van der Waals surface area contributed by atoms with Crippen molar-refractivity contribution in [2.45, 2.75) is 38.1 Å². The average molecular weight is 290 g/mol. The van der Waals surface area contributed by atoms with Gasteiger partial charge in [-0.05, 0) is 50.9 Å². The van der Waals surface area contributed by atoms with Crippen molar-refractivity contribution in [2.24, 2.45) is 0 Å². The van der Waals surface area contributed by atoms with E-state index in [0.29, 0.717) is 6.04 Å². The molecule has 0 aromatic heterocycles. The number of piperidine rings is 1. The van der Waals surface area contributed by atoms with E-state index in [0.717, 1.165) is 39.0 Å². The van der Waals surface area contributed by atoms with Crippen molar-refractivity contribution < 1.29 is 9.90 Å². The predicted octanol–water partition coefficient (Wildman–Crippen LogP) is 2.15. The number of nitrogens with one attached hydrogen (secondary N) is 1. The zero-order chi connectivity index (χ0) is 14.9. The lowest BCUT2D eigenvalue weighted by molar-refractivity contribution is -0.137. The second-order valence-electron chi connectivity index (χ2n) is 5.80. The molecule has 0 aliphatic carbocycles. The maximum atomic E-state index is 10.4. The van der Waals surface area contributed by atoms with Crippen molar-refractivity contribution in [3.63, 3.8) is 0 Å². The van der Waals surface area contributed by atoms with Gasteiger partial charge < -0.3 is 15.3 Å². The molecule has 1 aliphatic heterocycles. The summed E-state index contributed by atoms with van der Waals surface area (Å²) in [5.41, 5.74) is 1.41. The molecule has 1 aliphatic rings. The van der Waals surface area contributed by atoms with Gasteiger partial charge in [0.2, 0.25) is 0 Å². The second-order valence-corrected chi connectivity index (χ2v) is 5.80. The van der Waals surface area contributed by atoms with Crippen molar-refractivity contribution >= 4 is 5.97 Å². The Morgan fingerprint density at radius 2 is 1.95 bits per heavy atom. The summed E-state index contributed by atoms with van der Waals surface area (Å²) in [4.78, 5) is 13.0. The Labute approximate surface area is 127 Å². The summed E-state index contributed by atoms with van der Waals surface area (Å²) in [6.45, 7) is 4.24. The standard InChI is InChI=1S/C17H26N2O2/c20-17(21)7-4-11-18-16-9-13-19(14-10-16)12-8-15-5-2-1-3-6-15/h1-3,5-6,16,18H,4,7-14H2,(H,20,21). The van der Waals surface area contributed by atoms with E-state index in [1.54, 1.807) is 0 Å². The number of likely N-dealkylation sites (tertiary alicyclic amines) is 1. The molecule has 21 heavy (non-hydrogen) atoms. The highest BCUT2D eigenvalue weighted by molar-refractivity contribution is 5.66. The monoisotopic (exact) mass is 290 g/mol. The Hall–Kier alpha value is -1.39. The van der Waals surface area contributed by atoms with Crippen molar-refractivity contribution in [3.05, 3.63) is 35.9 Å². The number of aliphatic carboxylic acids is 1. The van der Waals surface area contributed by atoms with Gasteiger partial charge in [-0.1, -0.05) is 30.3 Å². The predicted molar refractivity (Wildman–Crippen MR) is 84.5 cm³/mol. The molecule has 4 nitrogen and oxygen atoms in total. The van der Waals surface area contributed by atoms with Gasteiger partial charge in [0.25, 0.3) is 0 Å². The van der Waals surface area contributed by atoms with Crippen LogP contribution in [0.1, 0.15) is 31.2 Å². The molecule has 4 heteroatoms. The van der Waals surface area contributed by atoms with E-state index in [-0.39, 0.29) is 6.42 Å². The quantitative estimate of drug-likeness (QED) is 0.720. The van der Waals surface area contributed by atoms with Gasteiger partial charge in [0.1, 0.15) is 0 Å². The fraction of sp³-hybridized carbons (Fsp3) is 0.588. The van der Waals surface area contributed by atoms with Crippen LogP contribution in [0.5, 0.6) is 0 Å². The molecular formula is C17H26N2O2. The number of nitrogens with zero attached hydrogens (tertiary/aromatic N) is 1. The van der Waals surface area contributed by atoms with Crippen LogP contribution in [0.25, 0.3) is 0 Å². The number of rotatable bonds is 8. The minimum atomic E-state index is -0.701. The highest BCUT2D eigenvalue weighted by Gasteiger charge is 2.18. The first kappa shape index (κ1) is 16.0. The van der Waals surface area contributed by atoms with E-state index in [1.165, 1.54) is 18.4 Å². The summed E-state index contributed by atoms with van der Waals surface area (Å²) >= 11 is 0. The van der Waals surface area contributed by atoms with Crippen molar-refractivity contribution in [1.82, 2.24) is 10.2 Å². The van der Waals surface area contributed by atoms with Crippen LogP contribution in [0.2, 0.25) is 0 Å². The average Bonchev–Trinajstić information content (AvgIpc) is 2.51. The molecule has 1 saturated heterocycles. The van der Waals surface area contributed by atoms with Gasteiger partial charge in [0, 0.05) is 19.0 Å². The minimum absolute atomic E-state index is 0.267. The topological polar surface area (TPSA) is 52.6 Å². The Morgan fingerprint density at radius 3 is 2.62 bits per heavy atom. The molecule has 116 valence electrons. The molecule has 2 rings (SSSR count). The number of carbonyl (C=O) groups is 1. The lowest BCUT2D eigenvalue weighted by atomic mass is 10.0. The van der Waals surface area contributed by atoms with Crippen molar-refractivity contribution in [3.8, 4) is 0 Å². The van der Waals surface area contributed by atoms with Crippen LogP contribution in [-0.4, -0.2) is 48.2 Å². The third-order valence-electron chi connectivity index (χ3n) is 4.15. The van der Waals surface area contributed by atoms with Gasteiger partial charge in [0.15, 0.2) is 0 Å². The smallest absolute Gasteiger partial charge is 0.303 e. The SMILES string of the molecule is O=C(O)CCCNC1CCN(CCc2ccccc2)CC1. The molecule has 1 aromatic carbocycles. The Bertz CT molecular complexity index is 414. The molecule has 1 heterocycles. The third kappa shape index (κ3) is 6.27. The molecule has 1 aromatic rings. The molecule has 2 N–H and O–H groups in total. The number of carboxylic acids is 1. The molecular weight excluding hydrogens is 264 g/mol. The summed E-state index contributed by atoms with van der Waals surface area (Å²) in [7, 11) is 0. The van der Waals surface area contributed by atoms with E-state index < -0.39 is 5.97 Å². The van der Waals surface area contributed by atoms with E-state index >= 15 is 0 Å². The van der Waals surface area contributed by atoms with Crippen LogP contribution in [-0.2, 0) is 11.2 Å². The van der Waals surface area contributed by atoms with Gasteiger partial charge >= 0.3 is 5.97 Å². The van der Waals surface area contributed by atoms with Crippen LogP contribution in [0.15, 0.2) is 30.3 Å². The number of hydrogen-bond acceptors (Lipinski definition) is 3. The summed E-state index contributed by atoms with van der Waals surface area (Å²) < 4.78 is 0. The maximum Gasteiger partial charge on any atom is 0.303 e. The summed E-state index contributed by atoms with van der Waals surface area (Å²) in [5.74, 6) is -0.701. The van der Waals surface area contributed by atoms with Crippen LogP contribution in [0.3, 0.4) is 0 Å². The van der Waals surface area contributed by atoms with Gasteiger partial charge in [-0.2, -0.15) is 0 Å². The maximum absolute atomic E-state index is 10.4. The second kappa shape index (κ2) is 8.80. The lowest BCUT2D eigenvalue weighted by Gasteiger charge is -2.32. The minimum Gasteiger partial charge on any atom is -0.481 e. The fourth-order valence-electron chi connectivity index (χ4n) is 2.84. The van der Waals surface area contributed by atoms with Crippen molar-refractivity contribution in [2.75, 3.05) is 26.2 Å². The van der Waals surface area contributed by atoms with E-state index in [1.807, 2.05) is 0 Å². The van der Waals surface area contributed by atoms with E-state index in [4.69, 9.17) is 5.11 Å². The first-order valence-electron chi connectivity index (χ1n) is 7.95. The molecule has 0 saturated carbocycles. The Morgan fingerprint density at radius 1 is 1.24 bits per heavy atom. The first-order chi connectivity index (χ1) is 10.2. The molecule has 0 amide bonds. The van der Waals surface area contributed by atoms with Crippen LogP contribution < -0.4 is 5.32 Å². The molecule has 0 radical (unpaired) electrons. The molecule has 1 fully saturated rings. The number of benzene rings is 1. The van der Waals surface area contributed by atoms with Gasteiger partial charge in [-0.15, -0.1) is 0 Å². The highest BCUT2D eigenvalue weighted by Crippen LogP contribution is 2.11. The van der Waals surface area contributed by atoms with Gasteiger partial charge in [-0.25, -0.2) is 0 Å². The Balaban J connectivity index is 1.57. The zero-order valence-electron chi connectivity index (χ0n) is 12.6. The van der Waals surface area contributed by atoms with Gasteiger partial charge in [0.05, 0.1) is 0 Å². The van der Waals surface area contributed by atoms with Crippen LogP contribution in [0, 0.1) is 0 Å². The highest BCUT2D eigenvalue weighted by atomic mass is 16.4.